The number of hydrogen-bond donors (Lipinski definition) is 1. The first-order chi connectivity index (χ1) is 15.5. The lowest BCUT2D eigenvalue weighted by atomic mass is 10.0. The number of methoxy groups -OCH3 is 1. The van der Waals surface area contributed by atoms with Crippen LogP contribution in [0.5, 0.6) is 11.5 Å². The van der Waals surface area contributed by atoms with Crippen LogP contribution in [0.15, 0.2) is 60.9 Å². The monoisotopic (exact) mass is 431 g/mol. The Morgan fingerprint density at radius 3 is 2.28 bits per heavy atom. The summed E-state index contributed by atoms with van der Waals surface area (Å²) in [7, 11) is 1.41. The van der Waals surface area contributed by atoms with E-state index in [1.807, 2.05) is 30.3 Å². The number of aromatic hydroxyl groups is 1. The van der Waals surface area contributed by atoms with Crippen LogP contribution in [0, 0.1) is 5.82 Å². The van der Waals surface area contributed by atoms with Crippen molar-refractivity contribution in [2.24, 2.45) is 0 Å². The zero-order valence-corrected chi connectivity index (χ0v) is 17.1. The molecule has 1 N–H and O–H groups in total. The third-order valence-corrected chi connectivity index (χ3v) is 5.56. The van der Waals surface area contributed by atoms with Gasteiger partial charge in [0.1, 0.15) is 28.0 Å². The molecule has 8 heteroatoms. The molecular weight excluding hydrogens is 413 g/mol. The number of aromatic nitrogens is 2. The quantitative estimate of drug-likeness (QED) is 0.487. The van der Waals surface area contributed by atoms with Crippen LogP contribution < -0.4 is 4.74 Å². The van der Waals surface area contributed by atoms with Gasteiger partial charge in [-0.2, -0.15) is 0 Å². The van der Waals surface area contributed by atoms with Crippen molar-refractivity contribution in [2.75, 3.05) is 7.11 Å². The van der Waals surface area contributed by atoms with Crippen LogP contribution in [0.4, 0.5) is 4.39 Å². The second-order valence-corrected chi connectivity index (χ2v) is 7.51. The van der Waals surface area contributed by atoms with Crippen molar-refractivity contribution in [1.82, 2.24) is 14.5 Å². The molecule has 5 rings (SSSR count). The first kappa shape index (κ1) is 19.7. The molecule has 1 aliphatic heterocycles. The topological polar surface area (TPSA) is 84.7 Å². The Labute approximate surface area is 182 Å². The van der Waals surface area contributed by atoms with Gasteiger partial charge >= 0.3 is 0 Å². The number of ether oxygens (including phenoxy) is 1. The third-order valence-electron chi connectivity index (χ3n) is 5.56. The number of carbonyl (C=O) groups is 2. The smallest absolute Gasteiger partial charge is 0.265 e. The Hall–Kier alpha value is -4.20. The van der Waals surface area contributed by atoms with Crippen molar-refractivity contribution in [2.45, 2.75) is 13.1 Å². The van der Waals surface area contributed by atoms with E-state index >= 15 is 0 Å². The van der Waals surface area contributed by atoms with Gasteiger partial charge in [0, 0.05) is 6.54 Å². The number of amides is 2. The molecule has 2 heterocycles. The minimum absolute atomic E-state index is 0.000534. The van der Waals surface area contributed by atoms with Gasteiger partial charge in [0.25, 0.3) is 11.8 Å². The molecule has 0 saturated carbocycles. The fraction of sp³-hybridized carbons (Fsp3) is 0.125. The van der Waals surface area contributed by atoms with Crippen LogP contribution >= 0.6 is 0 Å². The summed E-state index contributed by atoms with van der Waals surface area (Å²) < 4.78 is 20.6. The molecule has 1 aromatic heterocycles. The van der Waals surface area contributed by atoms with E-state index in [0.717, 1.165) is 10.5 Å². The van der Waals surface area contributed by atoms with Crippen LogP contribution in [0.3, 0.4) is 0 Å². The summed E-state index contributed by atoms with van der Waals surface area (Å²) >= 11 is 0. The molecule has 2 amide bonds. The maximum atomic E-state index is 13.3. The van der Waals surface area contributed by atoms with Gasteiger partial charge in [-0.05, 0) is 23.3 Å². The van der Waals surface area contributed by atoms with Gasteiger partial charge in [0.2, 0.25) is 0 Å². The lowest BCUT2D eigenvalue weighted by molar-refractivity contribution is 0.0641. The summed E-state index contributed by atoms with van der Waals surface area (Å²) in [4.78, 5) is 31.6. The molecule has 0 saturated heterocycles. The number of nitrogens with zero attached hydrogens (tertiary/aromatic N) is 3. The minimum Gasteiger partial charge on any atom is -0.505 e. The van der Waals surface area contributed by atoms with E-state index in [1.165, 1.54) is 31.4 Å². The summed E-state index contributed by atoms with van der Waals surface area (Å²) in [6.07, 6.45) is 1.54. The average Bonchev–Trinajstić information content (AvgIpc) is 3.32. The first-order valence-electron chi connectivity index (χ1n) is 9.92. The van der Waals surface area contributed by atoms with Crippen molar-refractivity contribution >= 4 is 22.8 Å². The average molecular weight is 431 g/mol. The largest absolute Gasteiger partial charge is 0.505 e. The van der Waals surface area contributed by atoms with Crippen LogP contribution in [0.1, 0.15) is 31.8 Å². The van der Waals surface area contributed by atoms with Crippen molar-refractivity contribution in [3.05, 3.63) is 89.0 Å². The van der Waals surface area contributed by atoms with Gasteiger partial charge in [-0.25, -0.2) is 9.37 Å². The molecule has 0 aliphatic carbocycles. The van der Waals surface area contributed by atoms with E-state index in [0.29, 0.717) is 17.6 Å². The Bertz CT molecular complexity index is 1360. The molecule has 0 bridgehead atoms. The number of fused-ring (bicyclic) bond motifs is 2. The Morgan fingerprint density at radius 1 is 0.938 bits per heavy atom. The van der Waals surface area contributed by atoms with Crippen molar-refractivity contribution < 1.29 is 23.8 Å². The Balaban J connectivity index is 1.62. The molecule has 0 fully saturated rings. The molecule has 0 unspecified atom stereocenters. The van der Waals surface area contributed by atoms with Gasteiger partial charge in [0.15, 0.2) is 11.5 Å². The normalized spacial score (nSPS) is 13.1. The molecule has 4 aromatic rings. The summed E-state index contributed by atoms with van der Waals surface area (Å²) in [5, 5.41) is 10.9. The summed E-state index contributed by atoms with van der Waals surface area (Å²) in [6, 6.07) is 15.2. The summed E-state index contributed by atoms with van der Waals surface area (Å²) in [5.41, 5.74) is 2.05. The number of halogens is 1. The maximum absolute atomic E-state index is 13.3. The molecule has 3 aromatic carbocycles. The van der Waals surface area contributed by atoms with Gasteiger partial charge in [-0.15, -0.1) is 0 Å². The second kappa shape index (κ2) is 7.49. The number of imidazole rings is 1. The van der Waals surface area contributed by atoms with E-state index in [4.69, 9.17) is 4.74 Å². The molecule has 0 spiro atoms. The highest BCUT2D eigenvalue weighted by Gasteiger charge is 2.43. The zero-order chi connectivity index (χ0) is 22.4. The van der Waals surface area contributed by atoms with E-state index in [-0.39, 0.29) is 34.7 Å². The molecule has 0 radical (unpaired) electrons. The van der Waals surface area contributed by atoms with Gasteiger partial charge in [-0.3, -0.25) is 14.5 Å². The molecule has 7 nitrogen and oxygen atoms in total. The van der Waals surface area contributed by atoms with Crippen molar-refractivity contribution in [3.8, 4) is 11.5 Å². The Morgan fingerprint density at radius 2 is 1.59 bits per heavy atom. The predicted octanol–water partition coefficient (Wildman–Crippen LogP) is 3.73. The molecular formula is C24H18FN3O4. The van der Waals surface area contributed by atoms with Crippen LogP contribution in [0.2, 0.25) is 0 Å². The lowest BCUT2D eigenvalue weighted by Gasteiger charge is -2.14. The fourth-order valence-electron chi connectivity index (χ4n) is 4.05. The molecule has 1 aliphatic rings. The van der Waals surface area contributed by atoms with Crippen LogP contribution in [-0.2, 0) is 13.1 Å². The zero-order valence-electron chi connectivity index (χ0n) is 17.1. The van der Waals surface area contributed by atoms with E-state index < -0.39 is 17.6 Å². The number of imide groups is 1. The highest BCUT2D eigenvalue weighted by atomic mass is 19.1. The van der Waals surface area contributed by atoms with Gasteiger partial charge in [-0.1, -0.05) is 42.5 Å². The number of rotatable bonds is 5. The summed E-state index contributed by atoms with van der Waals surface area (Å²) in [5.74, 6) is -1.83. The van der Waals surface area contributed by atoms with Crippen LogP contribution in [0.25, 0.3) is 11.0 Å². The maximum Gasteiger partial charge on any atom is 0.265 e. The number of carbonyl (C=O) groups excluding carboxylic acids is 2. The first-order valence-corrected chi connectivity index (χ1v) is 9.92. The number of benzene rings is 3. The van der Waals surface area contributed by atoms with Crippen molar-refractivity contribution in [3.63, 3.8) is 0 Å². The summed E-state index contributed by atoms with van der Waals surface area (Å²) in [6.45, 7) is 0.379. The SMILES string of the molecule is COc1c2c(c(O)c3ncn(Cc4ccccc4)c13)C(=O)N(Cc1ccc(F)cc1)C2=O. The van der Waals surface area contributed by atoms with E-state index in [9.17, 15) is 19.1 Å². The lowest BCUT2D eigenvalue weighted by Crippen LogP contribution is -2.29. The third kappa shape index (κ3) is 2.99. The highest BCUT2D eigenvalue weighted by Crippen LogP contribution is 2.44. The Kier molecular flexibility index (Phi) is 4.62. The minimum atomic E-state index is -0.648. The number of phenols is 1. The highest BCUT2D eigenvalue weighted by molar-refractivity contribution is 6.26. The fourth-order valence-corrected chi connectivity index (χ4v) is 4.05. The predicted molar refractivity (Wildman–Crippen MR) is 114 cm³/mol. The second-order valence-electron chi connectivity index (χ2n) is 7.51. The van der Waals surface area contributed by atoms with Crippen LogP contribution in [-0.4, -0.2) is 38.5 Å². The van der Waals surface area contributed by atoms with E-state index in [2.05, 4.69) is 4.98 Å². The number of phenolic OH excluding ortho intramolecular Hbond substituents is 1. The van der Waals surface area contributed by atoms with E-state index in [1.54, 1.807) is 10.9 Å². The van der Waals surface area contributed by atoms with Gasteiger partial charge in [0.05, 0.1) is 20.0 Å². The number of hydrogen-bond acceptors (Lipinski definition) is 5. The molecule has 32 heavy (non-hydrogen) atoms. The van der Waals surface area contributed by atoms with Crippen molar-refractivity contribution in [1.29, 1.82) is 0 Å². The molecule has 160 valence electrons. The standard InChI is InChI=1S/C24H18FN3O4/c1-32-22-18-17(23(30)28(24(18)31)12-15-7-9-16(25)10-8-15)21(29)19-20(22)27(13-26-19)11-14-5-3-2-4-6-14/h2-10,13,29H,11-12H2,1H3. The molecule has 0 atom stereocenters. The van der Waals surface area contributed by atoms with Gasteiger partial charge < -0.3 is 14.4 Å².